The first-order valence-electron chi connectivity index (χ1n) is 6.74. The molecule has 1 aromatic rings. The molecule has 0 unspecified atom stereocenters. The molecule has 20 heavy (non-hydrogen) atoms. The highest BCUT2D eigenvalue weighted by Gasteiger charge is 2.32. The Kier molecular flexibility index (Phi) is 3.72. The Morgan fingerprint density at radius 2 is 2.40 bits per heavy atom. The summed E-state index contributed by atoms with van der Waals surface area (Å²) in [5.74, 6) is 0. The quantitative estimate of drug-likeness (QED) is 0.859. The molecule has 0 spiro atoms. The van der Waals surface area contributed by atoms with Gasteiger partial charge in [0.15, 0.2) is 5.13 Å². The molecule has 3 rings (SSSR count). The lowest BCUT2D eigenvalue weighted by atomic mass is 10.0. The Morgan fingerprint density at radius 3 is 3.10 bits per heavy atom. The van der Waals surface area contributed by atoms with E-state index in [2.05, 4.69) is 15.6 Å². The molecule has 7 nitrogen and oxygen atoms in total. The summed E-state index contributed by atoms with van der Waals surface area (Å²) in [7, 11) is 0. The SMILES string of the molecule is O=C(Nc1nccs1)N1CCC[C@H](N2CCNC2=O)C1. The van der Waals surface area contributed by atoms with E-state index in [1.54, 1.807) is 11.1 Å². The number of amides is 4. The standard InChI is InChI=1S/C12H17N5O2S/c18-11-14-3-6-17(11)9-2-1-5-16(8-9)12(19)15-10-13-4-7-20-10/h4,7,9H,1-3,5-6,8H2,(H,14,18)(H,13,15,19)/t9-/m0/s1. The van der Waals surface area contributed by atoms with Crippen molar-refractivity contribution in [2.24, 2.45) is 0 Å². The fourth-order valence-corrected chi connectivity index (χ4v) is 3.20. The highest BCUT2D eigenvalue weighted by Crippen LogP contribution is 2.19. The fourth-order valence-electron chi connectivity index (χ4n) is 2.68. The molecule has 2 aliphatic rings. The fraction of sp³-hybridized carbons (Fsp3) is 0.583. The maximum Gasteiger partial charge on any atom is 0.323 e. The minimum absolute atomic E-state index is 0.0165. The van der Waals surface area contributed by atoms with E-state index in [0.717, 1.165) is 25.9 Å². The summed E-state index contributed by atoms with van der Waals surface area (Å²) in [6, 6.07) is -0.0327. The van der Waals surface area contributed by atoms with Crippen LogP contribution in [0.4, 0.5) is 14.7 Å². The van der Waals surface area contributed by atoms with E-state index >= 15 is 0 Å². The molecule has 4 amide bonds. The second kappa shape index (κ2) is 5.66. The summed E-state index contributed by atoms with van der Waals surface area (Å²) in [5.41, 5.74) is 0. The van der Waals surface area contributed by atoms with Crippen molar-refractivity contribution in [2.75, 3.05) is 31.5 Å². The van der Waals surface area contributed by atoms with Crippen molar-refractivity contribution in [3.8, 4) is 0 Å². The van der Waals surface area contributed by atoms with Gasteiger partial charge in [-0.2, -0.15) is 0 Å². The van der Waals surface area contributed by atoms with Crippen molar-refractivity contribution in [3.63, 3.8) is 0 Å². The van der Waals surface area contributed by atoms with E-state index in [9.17, 15) is 9.59 Å². The van der Waals surface area contributed by atoms with Crippen LogP contribution in [0.1, 0.15) is 12.8 Å². The van der Waals surface area contributed by atoms with Crippen LogP contribution in [0.3, 0.4) is 0 Å². The summed E-state index contributed by atoms with van der Waals surface area (Å²) in [6.07, 6.45) is 3.53. The number of rotatable bonds is 2. The number of nitrogens with zero attached hydrogens (tertiary/aromatic N) is 3. The molecule has 0 bridgehead atoms. The molecule has 108 valence electrons. The molecule has 2 N–H and O–H groups in total. The number of thiazole rings is 1. The molecule has 1 aromatic heterocycles. The smallest absolute Gasteiger partial charge is 0.323 e. The van der Waals surface area contributed by atoms with Gasteiger partial charge in [-0.1, -0.05) is 0 Å². The van der Waals surface area contributed by atoms with E-state index in [-0.39, 0.29) is 18.1 Å². The summed E-state index contributed by atoms with van der Waals surface area (Å²) < 4.78 is 0. The topological polar surface area (TPSA) is 77.6 Å². The predicted molar refractivity (Wildman–Crippen MR) is 75.8 cm³/mol. The molecule has 2 fully saturated rings. The van der Waals surface area contributed by atoms with Crippen LogP contribution in [0.25, 0.3) is 0 Å². The van der Waals surface area contributed by atoms with E-state index in [4.69, 9.17) is 0 Å². The van der Waals surface area contributed by atoms with Crippen molar-refractivity contribution in [2.45, 2.75) is 18.9 Å². The van der Waals surface area contributed by atoms with Gasteiger partial charge in [0, 0.05) is 37.8 Å². The van der Waals surface area contributed by atoms with Gasteiger partial charge in [0.2, 0.25) is 0 Å². The van der Waals surface area contributed by atoms with Gasteiger partial charge < -0.3 is 15.1 Å². The van der Waals surface area contributed by atoms with Crippen LogP contribution < -0.4 is 10.6 Å². The number of likely N-dealkylation sites (tertiary alicyclic amines) is 1. The molecule has 0 aromatic carbocycles. The first-order chi connectivity index (χ1) is 9.74. The minimum Gasteiger partial charge on any atom is -0.336 e. The monoisotopic (exact) mass is 295 g/mol. The van der Waals surface area contributed by atoms with Gasteiger partial charge in [0.1, 0.15) is 0 Å². The summed E-state index contributed by atoms with van der Waals surface area (Å²) in [5, 5.41) is 8.03. The highest BCUT2D eigenvalue weighted by molar-refractivity contribution is 7.13. The van der Waals surface area contributed by atoms with Crippen LogP contribution in [0, 0.1) is 0 Å². The van der Waals surface area contributed by atoms with Crippen LogP contribution >= 0.6 is 11.3 Å². The molecule has 3 heterocycles. The summed E-state index contributed by atoms with van der Waals surface area (Å²) >= 11 is 1.40. The lowest BCUT2D eigenvalue weighted by Crippen LogP contribution is -2.51. The molecule has 0 saturated carbocycles. The zero-order valence-corrected chi connectivity index (χ0v) is 11.9. The van der Waals surface area contributed by atoms with Crippen LogP contribution in [0.5, 0.6) is 0 Å². The Bertz CT molecular complexity index is 492. The maximum absolute atomic E-state index is 12.2. The third-order valence-corrected chi connectivity index (χ3v) is 4.35. The molecule has 0 aliphatic carbocycles. The Hall–Kier alpha value is -1.83. The van der Waals surface area contributed by atoms with Gasteiger partial charge in [0.05, 0.1) is 6.04 Å². The van der Waals surface area contributed by atoms with Gasteiger partial charge in [-0.3, -0.25) is 5.32 Å². The number of carbonyl (C=O) groups excluding carboxylic acids is 2. The molecule has 1 atom stereocenters. The normalized spacial score (nSPS) is 22.8. The number of nitrogens with one attached hydrogen (secondary N) is 2. The largest absolute Gasteiger partial charge is 0.336 e. The molecular weight excluding hydrogens is 278 g/mol. The number of anilines is 1. The van der Waals surface area contributed by atoms with Gasteiger partial charge >= 0.3 is 12.1 Å². The van der Waals surface area contributed by atoms with Crippen LogP contribution in [-0.4, -0.2) is 59.1 Å². The van der Waals surface area contributed by atoms with Gasteiger partial charge in [-0.05, 0) is 12.8 Å². The van der Waals surface area contributed by atoms with E-state index in [0.29, 0.717) is 18.2 Å². The number of piperidine rings is 1. The third kappa shape index (κ3) is 2.69. The number of hydrogen-bond donors (Lipinski definition) is 2. The van der Waals surface area contributed by atoms with Gasteiger partial charge in [-0.15, -0.1) is 11.3 Å². The zero-order valence-electron chi connectivity index (χ0n) is 11.0. The number of hydrogen-bond acceptors (Lipinski definition) is 4. The Labute approximate surface area is 121 Å². The summed E-state index contributed by atoms with van der Waals surface area (Å²) in [6.45, 7) is 2.74. The number of carbonyl (C=O) groups is 2. The van der Waals surface area contributed by atoms with Crippen molar-refractivity contribution in [1.82, 2.24) is 20.1 Å². The van der Waals surface area contributed by atoms with E-state index in [1.165, 1.54) is 11.3 Å². The third-order valence-electron chi connectivity index (χ3n) is 3.66. The maximum atomic E-state index is 12.2. The van der Waals surface area contributed by atoms with Gasteiger partial charge in [-0.25, -0.2) is 14.6 Å². The van der Waals surface area contributed by atoms with Crippen molar-refractivity contribution >= 4 is 28.5 Å². The van der Waals surface area contributed by atoms with Crippen molar-refractivity contribution in [1.29, 1.82) is 0 Å². The average molecular weight is 295 g/mol. The predicted octanol–water partition coefficient (Wildman–Crippen LogP) is 1.16. The molecular formula is C12H17N5O2S. The lowest BCUT2D eigenvalue weighted by molar-refractivity contribution is 0.139. The number of aromatic nitrogens is 1. The van der Waals surface area contributed by atoms with Gasteiger partial charge in [0.25, 0.3) is 0 Å². The molecule has 8 heteroatoms. The summed E-state index contributed by atoms with van der Waals surface area (Å²) in [4.78, 5) is 31.5. The van der Waals surface area contributed by atoms with Crippen LogP contribution in [0.15, 0.2) is 11.6 Å². The van der Waals surface area contributed by atoms with Crippen LogP contribution in [0.2, 0.25) is 0 Å². The number of urea groups is 2. The minimum atomic E-state index is -0.135. The molecule has 0 radical (unpaired) electrons. The second-order valence-electron chi connectivity index (χ2n) is 4.93. The van der Waals surface area contributed by atoms with E-state index < -0.39 is 0 Å². The first kappa shape index (κ1) is 13.2. The Morgan fingerprint density at radius 1 is 1.50 bits per heavy atom. The Balaban J connectivity index is 1.60. The van der Waals surface area contributed by atoms with E-state index in [1.807, 2.05) is 10.3 Å². The van der Waals surface area contributed by atoms with Crippen molar-refractivity contribution < 1.29 is 9.59 Å². The van der Waals surface area contributed by atoms with Crippen LogP contribution in [-0.2, 0) is 0 Å². The highest BCUT2D eigenvalue weighted by atomic mass is 32.1. The molecule has 2 aliphatic heterocycles. The first-order valence-corrected chi connectivity index (χ1v) is 7.62. The lowest BCUT2D eigenvalue weighted by Gasteiger charge is -2.36. The zero-order chi connectivity index (χ0) is 13.9. The molecule has 2 saturated heterocycles. The second-order valence-corrected chi connectivity index (χ2v) is 5.83. The van der Waals surface area contributed by atoms with Crippen molar-refractivity contribution in [3.05, 3.63) is 11.6 Å². The average Bonchev–Trinajstić information content (AvgIpc) is 3.10.